The van der Waals surface area contributed by atoms with Crippen LogP contribution in [0.4, 0.5) is 5.82 Å². The minimum Gasteiger partial charge on any atom is -0.374 e. The van der Waals surface area contributed by atoms with Crippen LogP contribution in [0.2, 0.25) is 10.0 Å². The number of nitrogens with zero attached hydrogens (tertiary/aromatic N) is 3. The molecule has 0 fully saturated rings. The molecule has 0 amide bonds. The number of hydrogen-bond acceptors (Lipinski definition) is 6. The Morgan fingerprint density at radius 2 is 2.00 bits per heavy atom. The van der Waals surface area contributed by atoms with E-state index in [0.717, 1.165) is 15.3 Å². The highest BCUT2D eigenvalue weighted by Gasteiger charge is 2.25. The highest BCUT2D eigenvalue weighted by Crippen LogP contribution is 2.48. The second kappa shape index (κ2) is 8.46. The first-order valence-corrected chi connectivity index (χ1v) is 10.5. The van der Waals surface area contributed by atoms with Gasteiger partial charge in [0.05, 0.1) is 15.3 Å². The van der Waals surface area contributed by atoms with Crippen LogP contribution in [0.3, 0.4) is 0 Å². The monoisotopic (exact) mass is 455 g/mol. The van der Waals surface area contributed by atoms with Crippen LogP contribution in [0.5, 0.6) is 0 Å². The van der Waals surface area contributed by atoms with E-state index >= 15 is 0 Å². The first-order chi connectivity index (χ1) is 14.5. The molecule has 0 saturated carbocycles. The third-order valence-corrected chi connectivity index (χ3v) is 6.11. The summed E-state index contributed by atoms with van der Waals surface area (Å²) in [5.74, 6) is 1.14. The van der Waals surface area contributed by atoms with Crippen LogP contribution in [-0.4, -0.2) is 26.3 Å². The van der Waals surface area contributed by atoms with Gasteiger partial charge in [0, 0.05) is 39.8 Å². The first-order valence-electron chi connectivity index (χ1n) is 8.91. The van der Waals surface area contributed by atoms with E-state index in [4.69, 9.17) is 23.2 Å². The summed E-state index contributed by atoms with van der Waals surface area (Å²) >= 11 is 14.0. The molecule has 4 rings (SSSR count). The molecule has 0 aliphatic heterocycles. The Labute approximate surface area is 186 Å². The second-order valence-corrected chi connectivity index (χ2v) is 8.30. The van der Waals surface area contributed by atoms with Gasteiger partial charge in [-0.25, -0.2) is 9.97 Å². The number of aromatic nitrogens is 3. The van der Waals surface area contributed by atoms with Crippen LogP contribution in [0.15, 0.2) is 48.9 Å². The maximum Gasteiger partial charge on any atom is 0.148 e. The lowest BCUT2D eigenvalue weighted by molar-refractivity contribution is 0.224. The molecule has 6 nitrogen and oxygen atoms in total. The Kier molecular flexibility index (Phi) is 5.75. The van der Waals surface area contributed by atoms with Gasteiger partial charge in [-0.15, -0.1) is 11.3 Å². The van der Waals surface area contributed by atoms with Gasteiger partial charge in [0.2, 0.25) is 0 Å². The number of rotatable bonds is 5. The zero-order valence-corrected chi connectivity index (χ0v) is 18.0. The van der Waals surface area contributed by atoms with Gasteiger partial charge in [-0.2, -0.15) is 5.26 Å². The summed E-state index contributed by atoms with van der Waals surface area (Å²) in [6, 6.07) is 11.1. The van der Waals surface area contributed by atoms with Crippen molar-refractivity contribution in [2.45, 2.75) is 13.2 Å². The molecule has 3 heterocycles. The van der Waals surface area contributed by atoms with Crippen molar-refractivity contribution in [2.24, 2.45) is 0 Å². The molecule has 3 N–H and O–H groups in total. The van der Waals surface area contributed by atoms with E-state index in [1.807, 2.05) is 6.07 Å². The number of thiophene rings is 1. The molecule has 0 radical (unpaired) electrons. The molecule has 1 aromatic carbocycles. The van der Waals surface area contributed by atoms with E-state index in [1.54, 1.807) is 49.8 Å². The average molecular weight is 456 g/mol. The van der Waals surface area contributed by atoms with Crippen molar-refractivity contribution >= 4 is 40.4 Å². The van der Waals surface area contributed by atoms with Crippen molar-refractivity contribution in [3.8, 4) is 38.3 Å². The lowest BCUT2D eigenvalue weighted by Gasteiger charge is -2.09. The van der Waals surface area contributed by atoms with Gasteiger partial charge in [-0.1, -0.05) is 29.3 Å². The summed E-state index contributed by atoms with van der Waals surface area (Å²) in [6.07, 6.45) is 4.26. The molecule has 1 atom stereocenters. The maximum absolute atomic E-state index is 10.1. The number of halogens is 2. The van der Waals surface area contributed by atoms with Crippen molar-refractivity contribution in [3.63, 3.8) is 0 Å². The number of anilines is 1. The molecule has 0 aliphatic carbocycles. The Morgan fingerprint density at radius 1 is 1.17 bits per heavy atom. The zero-order valence-electron chi connectivity index (χ0n) is 15.6. The van der Waals surface area contributed by atoms with Gasteiger partial charge in [0.25, 0.3) is 0 Å². The Balaban J connectivity index is 1.97. The van der Waals surface area contributed by atoms with E-state index in [-0.39, 0.29) is 0 Å². The van der Waals surface area contributed by atoms with Crippen molar-refractivity contribution in [2.75, 3.05) is 5.32 Å². The van der Waals surface area contributed by atoms with Crippen LogP contribution in [-0.2, 0) is 0 Å². The fraction of sp³-hybridized carbons (Fsp3) is 0.0952. The SMILES string of the molecule is CC(O)Nc1cc(-c2sc(-c3ncc[nH]3)c(-c3ccc(Cl)cc3Cl)c2C#N)ccn1. The number of nitrogens with one attached hydrogen (secondary N) is 2. The van der Waals surface area contributed by atoms with Gasteiger partial charge in [0.1, 0.15) is 23.9 Å². The highest BCUT2D eigenvalue weighted by molar-refractivity contribution is 7.19. The minimum atomic E-state index is -0.756. The smallest absolute Gasteiger partial charge is 0.148 e. The molecule has 0 bridgehead atoms. The molecule has 150 valence electrons. The zero-order chi connectivity index (χ0) is 21.3. The summed E-state index contributed by atoms with van der Waals surface area (Å²) in [5, 5.41) is 23.5. The largest absolute Gasteiger partial charge is 0.374 e. The van der Waals surface area contributed by atoms with E-state index < -0.39 is 6.23 Å². The molecule has 30 heavy (non-hydrogen) atoms. The predicted octanol–water partition coefficient (Wildman–Crippen LogP) is 5.80. The third-order valence-electron chi connectivity index (χ3n) is 4.31. The Hall–Kier alpha value is -2.89. The number of pyridine rings is 1. The number of aliphatic hydroxyl groups is 1. The lowest BCUT2D eigenvalue weighted by atomic mass is 9.98. The normalized spacial score (nSPS) is 11.8. The second-order valence-electron chi connectivity index (χ2n) is 6.43. The van der Waals surface area contributed by atoms with E-state index in [2.05, 4.69) is 26.3 Å². The Morgan fingerprint density at radius 3 is 2.67 bits per heavy atom. The third kappa shape index (κ3) is 3.91. The Bertz CT molecular complexity index is 1250. The highest BCUT2D eigenvalue weighted by atomic mass is 35.5. The lowest BCUT2D eigenvalue weighted by Crippen LogP contribution is -2.14. The number of imidazole rings is 1. The molecule has 9 heteroatoms. The molecular formula is C21H15Cl2N5OS. The fourth-order valence-electron chi connectivity index (χ4n) is 3.11. The summed E-state index contributed by atoms with van der Waals surface area (Å²) < 4.78 is 0. The van der Waals surface area contributed by atoms with Crippen molar-refractivity contribution in [1.29, 1.82) is 5.26 Å². The van der Waals surface area contributed by atoms with Gasteiger partial charge >= 0.3 is 0 Å². The number of hydrogen-bond donors (Lipinski definition) is 3. The summed E-state index contributed by atoms with van der Waals surface area (Å²) in [6.45, 7) is 1.61. The molecule has 0 saturated heterocycles. The van der Waals surface area contributed by atoms with Gasteiger partial charge < -0.3 is 15.4 Å². The van der Waals surface area contributed by atoms with Gasteiger partial charge in [-0.3, -0.25) is 0 Å². The van der Waals surface area contributed by atoms with Crippen LogP contribution in [0.1, 0.15) is 12.5 Å². The number of aliphatic hydroxyl groups excluding tert-OH is 1. The van der Waals surface area contributed by atoms with Gasteiger partial charge in [-0.05, 0) is 36.8 Å². The predicted molar refractivity (Wildman–Crippen MR) is 121 cm³/mol. The quantitative estimate of drug-likeness (QED) is 0.330. The standard InChI is InChI=1S/C21H15Cl2N5OS/c1-11(29)28-17-8-12(4-5-25-17)19-15(10-24)18(14-3-2-13(22)9-16(14)23)20(30-19)21-26-6-7-27-21/h2-9,11,29H,1H3,(H,25,28)(H,26,27). The number of benzene rings is 1. The fourth-order valence-corrected chi connectivity index (χ4v) is 4.84. The van der Waals surface area contributed by atoms with E-state index in [0.29, 0.717) is 38.4 Å². The van der Waals surface area contributed by atoms with E-state index in [9.17, 15) is 10.4 Å². The van der Waals surface area contributed by atoms with Crippen LogP contribution in [0.25, 0.3) is 32.3 Å². The van der Waals surface area contributed by atoms with Crippen molar-refractivity contribution < 1.29 is 5.11 Å². The minimum absolute atomic E-state index is 0.447. The summed E-state index contributed by atoms with van der Waals surface area (Å²) in [7, 11) is 0. The van der Waals surface area contributed by atoms with Crippen molar-refractivity contribution in [3.05, 3.63) is 64.5 Å². The molecule has 4 aromatic rings. The average Bonchev–Trinajstić information content (AvgIpc) is 3.35. The molecule has 0 spiro atoms. The summed E-state index contributed by atoms with van der Waals surface area (Å²) in [4.78, 5) is 13.2. The molecule has 1 unspecified atom stereocenters. The number of nitriles is 1. The maximum atomic E-state index is 10.1. The topological polar surface area (TPSA) is 97.6 Å². The van der Waals surface area contributed by atoms with Gasteiger partial charge in [0.15, 0.2) is 0 Å². The van der Waals surface area contributed by atoms with E-state index in [1.165, 1.54) is 11.3 Å². The van der Waals surface area contributed by atoms with Crippen LogP contribution >= 0.6 is 34.5 Å². The molecule has 3 aromatic heterocycles. The number of H-pyrrole nitrogens is 1. The van der Waals surface area contributed by atoms with Crippen LogP contribution in [0, 0.1) is 11.3 Å². The number of aromatic amines is 1. The molecular weight excluding hydrogens is 441 g/mol. The first kappa shape index (κ1) is 20.4. The summed E-state index contributed by atoms with van der Waals surface area (Å²) in [5.41, 5.74) is 2.66. The van der Waals surface area contributed by atoms with Crippen LogP contribution < -0.4 is 5.32 Å². The molecule has 0 aliphatic rings. The van der Waals surface area contributed by atoms with Crippen molar-refractivity contribution in [1.82, 2.24) is 15.0 Å².